The molecular formula is C16H25F2NO3. The third-order valence-corrected chi connectivity index (χ3v) is 5.81. The van der Waals surface area contributed by atoms with Crippen LogP contribution in [0.25, 0.3) is 0 Å². The lowest BCUT2D eigenvalue weighted by atomic mass is 9.66. The van der Waals surface area contributed by atoms with Gasteiger partial charge in [-0.3, -0.25) is 4.79 Å². The van der Waals surface area contributed by atoms with Crippen LogP contribution < -0.4 is 0 Å². The molecule has 0 aromatic rings. The lowest BCUT2D eigenvalue weighted by Crippen LogP contribution is -2.53. The molecule has 1 aliphatic carbocycles. The van der Waals surface area contributed by atoms with Crippen molar-refractivity contribution in [3.63, 3.8) is 0 Å². The number of carbonyl (C=O) groups is 1. The van der Waals surface area contributed by atoms with Gasteiger partial charge in [0.1, 0.15) is 0 Å². The number of likely N-dealkylation sites (tertiary alicyclic amines) is 1. The molecule has 1 amide bonds. The molecule has 3 fully saturated rings. The highest BCUT2D eigenvalue weighted by atomic mass is 19.3. The molecular weight excluding hydrogens is 292 g/mol. The predicted octanol–water partition coefficient (Wildman–Crippen LogP) is 2.32. The number of piperidine rings is 1. The molecule has 0 aromatic carbocycles. The van der Waals surface area contributed by atoms with E-state index in [0.29, 0.717) is 25.6 Å². The zero-order valence-corrected chi connectivity index (χ0v) is 13.2. The van der Waals surface area contributed by atoms with Gasteiger partial charge in [-0.2, -0.15) is 0 Å². The van der Waals surface area contributed by atoms with Gasteiger partial charge in [0.15, 0.2) is 0 Å². The fourth-order valence-electron chi connectivity index (χ4n) is 4.23. The molecule has 22 heavy (non-hydrogen) atoms. The van der Waals surface area contributed by atoms with Crippen molar-refractivity contribution in [1.29, 1.82) is 0 Å². The first-order chi connectivity index (χ1) is 10.5. The summed E-state index contributed by atoms with van der Waals surface area (Å²) in [4.78, 5) is 14.1. The Morgan fingerprint density at radius 3 is 2.55 bits per heavy atom. The van der Waals surface area contributed by atoms with Gasteiger partial charge < -0.3 is 14.4 Å². The largest absolute Gasteiger partial charge is 0.384 e. The molecule has 3 rings (SSSR count). The van der Waals surface area contributed by atoms with E-state index in [0.717, 1.165) is 32.5 Å². The molecule has 0 N–H and O–H groups in total. The van der Waals surface area contributed by atoms with Crippen molar-refractivity contribution in [2.75, 3.05) is 40.0 Å². The number of amides is 1. The van der Waals surface area contributed by atoms with Crippen molar-refractivity contribution in [2.45, 2.75) is 38.0 Å². The number of nitrogens with zero attached hydrogens (tertiary/aromatic N) is 1. The molecule has 2 aliphatic heterocycles. The number of hydrogen-bond acceptors (Lipinski definition) is 3. The molecule has 6 heteroatoms. The van der Waals surface area contributed by atoms with E-state index in [1.807, 2.05) is 0 Å². The van der Waals surface area contributed by atoms with Crippen LogP contribution >= 0.6 is 0 Å². The van der Waals surface area contributed by atoms with Crippen LogP contribution in [0.4, 0.5) is 8.78 Å². The summed E-state index contributed by atoms with van der Waals surface area (Å²) in [7, 11) is 1.71. The zero-order valence-electron chi connectivity index (χ0n) is 13.2. The van der Waals surface area contributed by atoms with Gasteiger partial charge in [-0.15, -0.1) is 0 Å². The third kappa shape index (κ3) is 3.00. The Hall–Kier alpha value is -0.750. The van der Waals surface area contributed by atoms with Crippen molar-refractivity contribution in [3.05, 3.63) is 0 Å². The van der Waals surface area contributed by atoms with Gasteiger partial charge in [-0.25, -0.2) is 8.78 Å². The number of halogens is 2. The van der Waals surface area contributed by atoms with Crippen LogP contribution in [0.5, 0.6) is 0 Å². The average Bonchev–Trinajstić information content (AvgIpc) is 2.48. The van der Waals surface area contributed by atoms with Gasteiger partial charge >= 0.3 is 0 Å². The average molecular weight is 317 g/mol. The lowest BCUT2D eigenvalue weighted by molar-refractivity contribution is -0.164. The number of methoxy groups -OCH3 is 1. The van der Waals surface area contributed by atoms with E-state index >= 15 is 0 Å². The summed E-state index contributed by atoms with van der Waals surface area (Å²) in [5.41, 5.74) is 0.189. The molecule has 1 atom stereocenters. The maximum Gasteiger partial charge on any atom is 0.249 e. The van der Waals surface area contributed by atoms with Crippen molar-refractivity contribution < 1.29 is 23.0 Å². The zero-order chi connectivity index (χ0) is 15.8. The van der Waals surface area contributed by atoms with Crippen molar-refractivity contribution in [2.24, 2.45) is 17.3 Å². The number of alkyl halides is 2. The SMILES string of the molecule is COCC1COCCC12CCN(C(=O)C1CC(F)(F)C1)CC2. The molecule has 0 bridgehead atoms. The van der Waals surface area contributed by atoms with Crippen molar-refractivity contribution in [1.82, 2.24) is 4.90 Å². The molecule has 2 heterocycles. The highest BCUT2D eigenvalue weighted by molar-refractivity contribution is 5.80. The van der Waals surface area contributed by atoms with E-state index in [4.69, 9.17) is 9.47 Å². The number of ether oxygens (including phenoxy) is 2. The van der Waals surface area contributed by atoms with E-state index in [9.17, 15) is 13.6 Å². The van der Waals surface area contributed by atoms with Crippen LogP contribution in [0.1, 0.15) is 32.1 Å². The highest BCUT2D eigenvalue weighted by Crippen LogP contribution is 2.47. The summed E-state index contributed by atoms with van der Waals surface area (Å²) in [6, 6.07) is 0. The molecule has 1 saturated carbocycles. The summed E-state index contributed by atoms with van der Waals surface area (Å²) in [6.45, 7) is 3.53. The number of hydrogen-bond donors (Lipinski definition) is 0. The Labute approximate surface area is 130 Å². The topological polar surface area (TPSA) is 38.8 Å². The smallest absolute Gasteiger partial charge is 0.249 e. The van der Waals surface area contributed by atoms with Crippen LogP contribution in [-0.4, -0.2) is 56.7 Å². The second kappa shape index (κ2) is 6.04. The van der Waals surface area contributed by atoms with Gasteiger partial charge in [0.25, 0.3) is 0 Å². The Morgan fingerprint density at radius 1 is 1.27 bits per heavy atom. The normalized spacial score (nSPS) is 31.0. The van der Waals surface area contributed by atoms with Gasteiger partial charge in [-0.05, 0) is 24.7 Å². The molecule has 0 radical (unpaired) electrons. The quantitative estimate of drug-likeness (QED) is 0.802. The summed E-state index contributed by atoms with van der Waals surface area (Å²) < 4.78 is 36.8. The first kappa shape index (κ1) is 16.1. The minimum atomic E-state index is -2.62. The minimum absolute atomic E-state index is 0.0730. The number of carbonyl (C=O) groups excluding carboxylic acids is 1. The highest BCUT2D eigenvalue weighted by Gasteiger charge is 2.51. The van der Waals surface area contributed by atoms with Gasteiger partial charge in [0.05, 0.1) is 13.2 Å². The monoisotopic (exact) mass is 317 g/mol. The van der Waals surface area contributed by atoms with E-state index in [1.165, 1.54) is 0 Å². The number of rotatable bonds is 3. The molecule has 4 nitrogen and oxygen atoms in total. The Bertz CT molecular complexity index is 412. The van der Waals surface area contributed by atoms with Crippen LogP contribution in [0, 0.1) is 17.3 Å². The van der Waals surface area contributed by atoms with Crippen LogP contribution in [0.3, 0.4) is 0 Å². The standard InChI is InChI=1S/C16H25F2NO3/c1-21-10-13-11-22-7-4-15(13)2-5-19(6-3-15)14(20)12-8-16(17,18)9-12/h12-13H,2-11H2,1H3. The molecule has 1 spiro atoms. The lowest BCUT2D eigenvalue weighted by Gasteiger charge is -2.49. The maximum atomic E-state index is 12.9. The van der Waals surface area contributed by atoms with E-state index in [2.05, 4.69) is 0 Å². The second-order valence-electron chi connectivity index (χ2n) is 7.13. The summed E-state index contributed by atoms with van der Waals surface area (Å²) >= 11 is 0. The van der Waals surface area contributed by atoms with Crippen LogP contribution in [-0.2, 0) is 14.3 Å². The summed E-state index contributed by atoms with van der Waals surface area (Å²) in [5.74, 6) is -2.79. The van der Waals surface area contributed by atoms with Crippen molar-refractivity contribution >= 4 is 5.91 Å². The Kier molecular flexibility index (Phi) is 4.42. The minimum Gasteiger partial charge on any atom is -0.384 e. The third-order valence-electron chi connectivity index (χ3n) is 5.81. The van der Waals surface area contributed by atoms with E-state index in [-0.39, 0.29) is 24.2 Å². The van der Waals surface area contributed by atoms with Crippen LogP contribution in [0.2, 0.25) is 0 Å². The maximum absolute atomic E-state index is 12.9. The first-order valence-corrected chi connectivity index (χ1v) is 8.19. The summed E-state index contributed by atoms with van der Waals surface area (Å²) in [6.07, 6.45) is 2.32. The Balaban J connectivity index is 1.56. The fourth-order valence-corrected chi connectivity index (χ4v) is 4.23. The van der Waals surface area contributed by atoms with Gasteiger partial charge in [0, 0.05) is 51.5 Å². The second-order valence-corrected chi connectivity index (χ2v) is 7.13. The van der Waals surface area contributed by atoms with Gasteiger partial charge in [0.2, 0.25) is 11.8 Å². The van der Waals surface area contributed by atoms with Gasteiger partial charge in [-0.1, -0.05) is 0 Å². The summed E-state index contributed by atoms with van der Waals surface area (Å²) in [5, 5.41) is 0. The van der Waals surface area contributed by atoms with E-state index < -0.39 is 11.8 Å². The molecule has 1 unspecified atom stereocenters. The molecule has 3 aliphatic rings. The van der Waals surface area contributed by atoms with Crippen molar-refractivity contribution in [3.8, 4) is 0 Å². The molecule has 2 saturated heterocycles. The molecule has 0 aromatic heterocycles. The first-order valence-electron chi connectivity index (χ1n) is 8.19. The van der Waals surface area contributed by atoms with E-state index in [1.54, 1.807) is 12.0 Å². The van der Waals surface area contributed by atoms with Crippen LogP contribution in [0.15, 0.2) is 0 Å². The fraction of sp³-hybridized carbons (Fsp3) is 0.938. The predicted molar refractivity (Wildman–Crippen MR) is 76.7 cm³/mol. The Morgan fingerprint density at radius 2 is 1.95 bits per heavy atom. The molecule has 126 valence electrons.